The summed E-state index contributed by atoms with van der Waals surface area (Å²) in [6.07, 6.45) is -4.52. The highest BCUT2D eigenvalue weighted by Gasteiger charge is 2.36. The minimum Gasteiger partial charge on any atom is -0.480 e. The molecule has 0 spiro atoms. The summed E-state index contributed by atoms with van der Waals surface area (Å²) in [5.74, 6) is 0.360. The Hall–Kier alpha value is -3.30. The first-order chi connectivity index (χ1) is 13.9. The van der Waals surface area contributed by atoms with E-state index in [2.05, 4.69) is 10.2 Å². The SMILES string of the molecule is Bc1cc(C(N)=O)ccc1OC(C)(C)c1nnc(-c2ccccc2C(F)(F)F)n1C. The van der Waals surface area contributed by atoms with Gasteiger partial charge >= 0.3 is 6.18 Å². The fourth-order valence-electron chi connectivity index (χ4n) is 3.25. The largest absolute Gasteiger partial charge is 0.480 e. The van der Waals surface area contributed by atoms with E-state index in [1.807, 2.05) is 0 Å². The summed E-state index contributed by atoms with van der Waals surface area (Å²) in [5, 5.41) is 8.10. The lowest BCUT2D eigenvalue weighted by Gasteiger charge is -2.27. The number of ether oxygens (including phenoxy) is 1. The maximum absolute atomic E-state index is 13.4. The van der Waals surface area contributed by atoms with Gasteiger partial charge in [0.25, 0.3) is 0 Å². The first-order valence-electron chi connectivity index (χ1n) is 9.08. The number of carbonyl (C=O) groups excluding carboxylic acids is 1. The summed E-state index contributed by atoms with van der Waals surface area (Å²) in [6.45, 7) is 3.47. The fraction of sp³-hybridized carbons (Fsp3) is 0.250. The summed E-state index contributed by atoms with van der Waals surface area (Å²) >= 11 is 0. The van der Waals surface area contributed by atoms with Crippen molar-refractivity contribution in [2.45, 2.75) is 25.6 Å². The van der Waals surface area contributed by atoms with Crippen molar-refractivity contribution in [3.63, 3.8) is 0 Å². The van der Waals surface area contributed by atoms with Gasteiger partial charge in [-0.05, 0) is 37.5 Å². The van der Waals surface area contributed by atoms with Gasteiger partial charge in [-0.3, -0.25) is 4.79 Å². The second-order valence-corrected chi connectivity index (χ2v) is 7.41. The van der Waals surface area contributed by atoms with Crippen LogP contribution in [0, 0.1) is 0 Å². The van der Waals surface area contributed by atoms with Crippen molar-refractivity contribution < 1.29 is 22.7 Å². The van der Waals surface area contributed by atoms with Gasteiger partial charge < -0.3 is 15.0 Å². The molecule has 0 radical (unpaired) electrons. The highest BCUT2D eigenvalue weighted by atomic mass is 19.4. The van der Waals surface area contributed by atoms with Crippen molar-refractivity contribution in [1.29, 1.82) is 0 Å². The quantitative estimate of drug-likeness (QED) is 0.647. The summed E-state index contributed by atoms with van der Waals surface area (Å²) in [5.41, 5.74) is 4.45. The standard InChI is InChI=1S/C20H20BF3N4O2/c1-19(2,30-15-9-8-11(16(25)29)10-14(15)21)18-27-26-17(28(18)3)12-6-4-5-7-13(12)20(22,23)24/h4-10H,21H2,1-3H3,(H2,25,29). The van der Waals surface area contributed by atoms with Crippen LogP contribution in [0.2, 0.25) is 0 Å². The Morgan fingerprint density at radius 1 is 1.13 bits per heavy atom. The van der Waals surface area contributed by atoms with Crippen molar-refractivity contribution in [2.24, 2.45) is 12.8 Å². The van der Waals surface area contributed by atoms with Crippen molar-refractivity contribution in [1.82, 2.24) is 14.8 Å². The molecule has 1 heterocycles. The molecule has 3 rings (SSSR count). The van der Waals surface area contributed by atoms with Gasteiger partial charge in [0.2, 0.25) is 5.91 Å². The van der Waals surface area contributed by atoms with E-state index in [0.717, 1.165) is 6.07 Å². The molecule has 0 fully saturated rings. The van der Waals surface area contributed by atoms with Crippen molar-refractivity contribution in [2.75, 3.05) is 0 Å². The Bertz CT molecular complexity index is 1110. The predicted molar refractivity (Wildman–Crippen MR) is 108 cm³/mol. The number of carbonyl (C=O) groups is 1. The first-order valence-corrected chi connectivity index (χ1v) is 9.08. The Kier molecular flexibility index (Phi) is 5.36. The molecule has 3 aromatic rings. The number of aromatic nitrogens is 3. The maximum atomic E-state index is 13.4. The van der Waals surface area contributed by atoms with Gasteiger partial charge in [-0.25, -0.2) is 0 Å². The smallest absolute Gasteiger partial charge is 0.417 e. The van der Waals surface area contributed by atoms with Crippen LogP contribution in [0.5, 0.6) is 5.75 Å². The minimum atomic E-state index is -4.52. The topological polar surface area (TPSA) is 83.0 Å². The van der Waals surface area contributed by atoms with E-state index in [1.165, 1.54) is 22.8 Å². The fourth-order valence-corrected chi connectivity index (χ4v) is 3.25. The number of nitrogens with two attached hydrogens (primary N) is 1. The summed E-state index contributed by atoms with van der Waals surface area (Å²) in [4.78, 5) is 11.3. The zero-order valence-electron chi connectivity index (χ0n) is 16.9. The number of amides is 1. The summed E-state index contributed by atoms with van der Waals surface area (Å²) in [7, 11) is 3.35. The minimum absolute atomic E-state index is 0.0657. The Balaban J connectivity index is 1.99. The molecule has 0 unspecified atom stereocenters. The molecule has 0 aliphatic heterocycles. The molecule has 0 saturated heterocycles. The Morgan fingerprint density at radius 2 is 1.80 bits per heavy atom. The van der Waals surface area contributed by atoms with Crippen molar-refractivity contribution in [3.8, 4) is 17.1 Å². The van der Waals surface area contributed by atoms with E-state index in [1.54, 1.807) is 46.9 Å². The molecule has 156 valence electrons. The van der Waals surface area contributed by atoms with E-state index in [-0.39, 0.29) is 11.4 Å². The Labute approximate surface area is 172 Å². The van der Waals surface area contributed by atoms with Gasteiger partial charge in [0.1, 0.15) is 13.6 Å². The lowest BCUT2D eigenvalue weighted by atomic mass is 9.92. The van der Waals surface area contributed by atoms with Gasteiger partial charge in [-0.2, -0.15) is 13.2 Å². The highest BCUT2D eigenvalue weighted by Crippen LogP contribution is 2.37. The average molecular weight is 416 g/mol. The van der Waals surface area contributed by atoms with E-state index in [9.17, 15) is 18.0 Å². The highest BCUT2D eigenvalue weighted by molar-refractivity contribution is 6.34. The van der Waals surface area contributed by atoms with Gasteiger partial charge in [0.15, 0.2) is 17.2 Å². The van der Waals surface area contributed by atoms with E-state index in [0.29, 0.717) is 22.6 Å². The number of rotatable bonds is 5. The van der Waals surface area contributed by atoms with Gasteiger partial charge in [0, 0.05) is 18.2 Å². The zero-order valence-corrected chi connectivity index (χ0v) is 16.9. The van der Waals surface area contributed by atoms with Crippen LogP contribution in [0.1, 0.15) is 35.6 Å². The molecule has 0 aliphatic carbocycles. The molecule has 0 bridgehead atoms. The maximum Gasteiger partial charge on any atom is 0.417 e. The molecular weight excluding hydrogens is 396 g/mol. The second kappa shape index (κ2) is 7.51. The first kappa shape index (κ1) is 21.4. The number of halogens is 3. The van der Waals surface area contributed by atoms with E-state index in [4.69, 9.17) is 10.5 Å². The molecule has 0 aliphatic rings. The van der Waals surface area contributed by atoms with Gasteiger partial charge in [-0.1, -0.05) is 24.3 Å². The summed E-state index contributed by atoms with van der Waals surface area (Å²) in [6, 6.07) is 9.98. The number of nitrogens with zero attached hydrogens (tertiary/aromatic N) is 3. The lowest BCUT2D eigenvalue weighted by molar-refractivity contribution is -0.137. The number of alkyl halides is 3. The molecule has 2 aromatic carbocycles. The molecule has 0 saturated carbocycles. The monoisotopic (exact) mass is 416 g/mol. The number of hydrogen-bond acceptors (Lipinski definition) is 4. The Morgan fingerprint density at radius 3 is 2.40 bits per heavy atom. The van der Waals surface area contributed by atoms with Crippen molar-refractivity contribution in [3.05, 3.63) is 59.4 Å². The molecule has 2 N–H and O–H groups in total. The molecule has 1 amide bonds. The molecule has 0 atom stereocenters. The second-order valence-electron chi connectivity index (χ2n) is 7.41. The summed E-state index contributed by atoms with van der Waals surface area (Å²) < 4.78 is 47.8. The third-order valence-electron chi connectivity index (χ3n) is 4.71. The van der Waals surface area contributed by atoms with Crippen LogP contribution in [0.4, 0.5) is 13.2 Å². The van der Waals surface area contributed by atoms with E-state index >= 15 is 0 Å². The molecule has 10 heteroatoms. The third kappa shape index (κ3) is 4.03. The molecular formula is C20H20BF3N4O2. The van der Waals surface area contributed by atoms with Crippen LogP contribution in [0.15, 0.2) is 42.5 Å². The number of hydrogen-bond donors (Lipinski definition) is 1. The van der Waals surface area contributed by atoms with Crippen LogP contribution in [0.25, 0.3) is 11.4 Å². The van der Waals surface area contributed by atoms with Crippen molar-refractivity contribution >= 4 is 19.2 Å². The molecule has 1 aromatic heterocycles. The van der Waals surface area contributed by atoms with Crippen LogP contribution >= 0.6 is 0 Å². The van der Waals surface area contributed by atoms with Crippen LogP contribution in [-0.4, -0.2) is 28.5 Å². The zero-order chi connectivity index (χ0) is 22.3. The van der Waals surface area contributed by atoms with Gasteiger partial charge in [-0.15, -0.1) is 10.2 Å². The van der Waals surface area contributed by atoms with Crippen LogP contribution in [0.3, 0.4) is 0 Å². The van der Waals surface area contributed by atoms with E-state index < -0.39 is 23.2 Å². The normalized spacial score (nSPS) is 12.1. The average Bonchev–Trinajstić information content (AvgIpc) is 3.04. The van der Waals surface area contributed by atoms with Gasteiger partial charge in [0.05, 0.1) is 5.56 Å². The lowest BCUT2D eigenvalue weighted by Crippen LogP contribution is -2.31. The van der Waals surface area contributed by atoms with Crippen LogP contribution in [-0.2, 0) is 18.8 Å². The number of primary amides is 1. The van der Waals surface area contributed by atoms with Crippen LogP contribution < -0.4 is 15.9 Å². The molecule has 6 nitrogen and oxygen atoms in total. The number of benzene rings is 2. The third-order valence-corrected chi connectivity index (χ3v) is 4.71. The molecule has 30 heavy (non-hydrogen) atoms. The predicted octanol–water partition coefficient (Wildman–Crippen LogP) is 2.17.